The van der Waals surface area contributed by atoms with E-state index in [0.29, 0.717) is 5.75 Å². The van der Waals surface area contributed by atoms with E-state index in [1.807, 2.05) is 12.1 Å². The number of nitrogens with zero attached hydrogens (tertiary/aromatic N) is 1. The maximum atomic E-state index is 12.0. The van der Waals surface area contributed by atoms with E-state index < -0.39 is 8.07 Å². The first kappa shape index (κ1) is 17.7. The topological polar surface area (TPSA) is 49.7 Å². The van der Waals surface area contributed by atoms with Crippen molar-refractivity contribution in [3.05, 3.63) is 48.5 Å². The summed E-state index contributed by atoms with van der Waals surface area (Å²) in [7, 11) is -2.18. The van der Waals surface area contributed by atoms with Crippen LogP contribution in [0.5, 0.6) is 5.75 Å². The molecule has 0 saturated carbocycles. The summed E-state index contributed by atoms with van der Waals surface area (Å²) in [6.45, 7) is 4.47. The maximum absolute atomic E-state index is 12.0. The van der Waals surface area contributed by atoms with E-state index >= 15 is 0 Å². The van der Waals surface area contributed by atoms with Crippen LogP contribution in [0.1, 0.15) is 0 Å². The molecule has 0 unspecified atom stereocenters. The molecule has 3 nitrogen and oxygen atoms in total. The number of carbonyl (C=O) groups excluding carboxylic acids is 1. The van der Waals surface area contributed by atoms with Crippen molar-refractivity contribution in [3.63, 3.8) is 0 Å². The van der Waals surface area contributed by atoms with Gasteiger partial charge in [-0.1, -0.05) is 0 Å². The van der Waals surface area contributed by atoms with Gasteiger partial charge in [0.15, 0.2) is 0 Å². The van der Waals surface area contributed by atoms with Crippen LogP contribution in [0.2, 0.25) is 13.1 Å². The fourth-order valence-corrected chi connectivity index (χ4v) is 11.7. The first-order chi connectivity index (χ1) is 11.8. The molecular weight excluding hydrogens is 576 g/mol. The molecule has 0 radical (unpaired) electrons. The van der Waals surface area contributed by atoms with Crippen molar-refractivity contribution < 1.29 is 9.90 Å². The van der Waals surface area contributed by atoms with Gasteiger partial charge in [0.25, 0.3) is 0 Å². The quantitative estimate of drug-likeness (QED) is 0.310. The van der Waals surface area contributed by atoms with E-state index in [2.05, 4.69) is 57.7 Å². The van der Waals surface area contributed by atoms with E-state index in [4.69, 9.17) is 4.99 Å². The van der Waals surface area contributed by atoms with Gasteiger partial charge in [0.2, 0.25) is 0 Å². The van der Waals surface area contributed by atoms with Gasteiger partial charge in [0, 0.05) is 0 Å². The van der Waals surface area contributed by atoms with Gasteiger partial charge < -0.3 is 0 Å². The average molecular weight is 589 g/mol. The Labute approximate surface area is 174 Å². The van der Waals surface area contributed by atoms with E-state index in [-0.39, 0.29) is 20.3 Å². The zero-order chi connectivity index (χ0) is 17.9. The molecular formula is C18H13BrINO2SeSi. The fourth-order valence-electron chi connectivity index (χ4n) is 3.43. The minimum atomic E-state index is -2.18. The third kappa shape index (κ3) is 2.80. The summed E-state index contributed by atoms with van der Waals surface area (Å²) in [5.41, 5.74) is 2.72. The van der Waals surface area contributed by atoms with Crippen molar-refractivity contribution in [2.45, 2.75) is 13.1 Å². The molecule has 0 saturated heterocycles. The summed E-state index contributed by atoms with van der Waals surface area (Å²) in [4.78, 5) is 16.8. The molecule has 126 valence electrons. The monoisotopic (exact) mass is 589 g/mol. The van der Waals surface area contributed by atoms with Crippen LogP contribution in [-0.2, 0) is 4.79 Å². The van der Waals surface area contributed by atoms with Crippen LogP contribution >= 0.6 is 38.5 Å². The van der Waals surface area contributed by atoms with E-state index in [1.54, 1.807) is 18.2 Å². The SMILES string of the molecule is C[Si]1(C)C2=CC(=O)C=CC2=Nc2ccc(O)c(-c3[se]c(I)cc3Br)c21. The number of phenolic OH excluding ortho intramolecular Hbond substituents is 1. The van der Waals surface area contributed by atoms with Crippen LogP contribution in [-0.4, -0.2) is 39.2 Å². The summed E-state index contributed by atoms with van der Waals surface area (Å²) in [6, 6.07) is 5.75. The van der Waals surface area contributed by atoms with Crippen molar-refractivity contribution in [2.24, 2.45) is 4.99 Å². The van der Waals surface area contributed by atoms with Crippen LogP contribution < -0.4 is 5.19 Å². The number of aromatic hydroxyl groups is 1. The Hall–Kier alpha value is -0.734. The summed E-state index contributed by atoms with van der Waals surface area (Å²) < 4.78 is 3.48. The van der Waals surface area contributed by atoms with Crippen LogP contribution in [0.3, 0.4) is 0 Å². The van der Waals surface area contributed by atoms with Crippen molar-refractivity contribution >= 4 is 83.5 Å². The fraction of sp³-hybridized carbons (Fsp3) is 0.111. The Morgan fingerprint density at radius 3 is 2.72 bits per heavy atom. The Morgan fingerprint density at radius 2 is 2.04 bits per heavy atom. The second-order valence-electron chi connectivity index (χ2n) is 6.50. The molecule has 0 atom stereocenters. The summed E-state index contributed by atoms with van der Waals surface area (Å²) in [6.07, 6.45) is 5.12. The summed E-state index contributed by atoms with van der Waals surface area (Å²) >= 11 is 6.18. The number of rotatable bonds is 1. The normalized spacial score (nSPS) is 17.7. The first-order valence-electron chi connectivity index (χ1n) is 7.64. The first-order valence-corrected chi connectivity index (χ1v) is 14.2. The Morgan fingerprint density at radius 1 is 1.28 bits per heavy atom. The van der Waals surface area contributed by atoms with Gasteiger partial charge in [0.1, 0.15) is 0 Å². The number of fused-ring (bicyclic) bond motifs is 2. The second-order valence-corrected chi connectivity index (χ2v) is 16.7. The molecule has 0 spiro atoms. The van der Waals surface area contributed by atoms with Crippen molar-refractivity contribution in [2.75, 3.05) is 0 Å². The number of allylic oxidation sites excluding steroid dienone is 4. The Kier molecular flexibility index (Phi) is 4.36. The number of benzene rings is 1. The van der Waals surface area contributed by atoms with Crippen LogP contribution in [0, 0.1) is 2.44 Å². The van der Waals surface area contributed by atoms with Crippen LogP contribution in [0.15, 0.2) is 51.1 Å². The molecule has 25 heavy (non-hydrogen) atoms. The molecule has 0 amide bonds. The minimum absolute atomic E-state index is 0.0152. The van der Waals surface area contributed by atoms with Gasteiger partial charge in [0.05, 0.1) is 0 Å². The molecule has 4 rings (SSSR count). The number of carbonyl (C=O) groups is 1. The number of ketones is 1. The predicted octanol–water partition coefficient (Wildman–Crippen LogP) is 4.09. The number of hydrogen-bond donors (Lipinski definition) is 1. The predicted molar refractivity (Wildman–Crippen MR) is 117 cm³/mol. The average Bonchev–Trinajstić information content (AvgIpc) is 2.87. The van der Waals surface area contributed by atoms with E-state index in [1.165, 1.54) is 2.44 Å². The van der Waals surface area contributed by atoms with Gasteiger partial charge in [-0.05, 0) is 0 Å². The van der Waals surface area contributed by atoms with Crippen LogP contribution in [0.25, 0.3) is 10.0 Å². The zero-order valence-electron chi connectivity index (χ0n) is 13.4. The van der Waals surface area contributed by atoms with Crippen molar-refractivity contribution in [1.82, 2.24) is 0 Å². The number of phenols is 1. The van der Waals surface area contributed by atoms with Crippen molar-refractivity contribution in [3.8, 4) is 15.8 Å². The molecule has 2 aliphatic rings. The molecule has 1 aromatic heterocycles. The van der Waals surface area contributed by atoms with Gasteiger partial charge in [-0.25, -0.2) is 0 Å². The summed E-state index contributed by atoms with van der Waals surface area (Å²) in [5, 5.41) is 12.9. The molecule has 1 aromatic carbocycles. The molecule has 1 aliphatic heterocycles. The Balaban J connectivity index is 2.08. The number of aliphatic imine (C=N–C) groups is 1. The van der Waals surface area contributed by atoms with E-state index in [9.17, 15) is 9.90 Å². The zero-order valence-corrected chi connectivity index (χ0v) is 19.9. The Bertz CT molecular complexity index is 1040. The van der Waals surface area contributed by atoms with Gasteiger partial charge in [-0.15, -0.1) is 0 Å². The molecule has 0 bridgehead atoms. The van der Waals surface area contributed by atoms with Crippen molar-refractivity contribution in [1.29, 1.82) is 0 Å². The third-order valence-corrected chi connectivity index (χ3v) is 12.7. The molecule has 2 heterocycles. The molecule has 7 heteroatoms. The molecule has 2 aromatic rings. The molecule has 0 fully saturated rings. The molecule has 1 aliphatic carbocycles. The molecule has 1 N–H and O–H groups in total. The van der Waals surface area contributed by atoms with Crippen LogP contribution in [0.4, 0.5) is 5.69 Å². The van der Waals surface area contributed by atoms with E-state index in [0.717, 1.165) is 36.3 Å². The standard InChI is InChI=1S/C18H13BrINO2SeSi/c1-25(2)14-7-9(22)3-4-11(14)21-12-5-6-13(23)16(18(12)25)17-10(19)8-15(20)24-17/h3-8,23H,1-2H3. The number of halogens is 2. The summed E-state index contributed by atoms with van der Waals surface area (Å²) in [5.74, 6) is 0.311. The van der Waals surface area contributed by atoms with Gasteiger partial charge in [-0.3, -0.25) is 0 Å². The number of hydrogen-bond acceptors (Lipinski definition) is 3. The second kappa shape index (κ2) is 6.16. The van der Waals surface area contributed by atoms with Gasteiger partial charge >= 0.3 is 176 Å². The third-order valence-electron chi connectivity index (χ3n) is 4.55. The van der Waals surface area contributed by atoms with Gasteiger partial charge in [-0.2, -0.15) is 0 Å².